The number of amides is 4. The first-order valence-electron chi connectivity index (χ1n) is 23.4. The van der Waals surface area contributed by atoms with E-state index in [0.717, 1.165) is 50.1 Å². The van der Waals surface area contributed by atoms with E-state index < -0.39 is 47.2 Å². The van der Waals surface area contributed by atoms with Crippen LogP contribution < -0.4 is 10.7 Å². The van der Waals surface area contributed by atoms with Gasteiger partial charge in [0.25, 0.3) is 5.91 Å². The van der Waals surface area contributed by atoms with Gasteiger partial charge in [-0.2, -0.15) is 5.26 Å². The molecule has 354 valence electrons. The molecule has 0 aliphatic carbocycles. The monoisotopic (exact) mass is 912 g/mol. The van der Waals surface area contributed by atoms with Gasteiger partial charge in [-0.15, -0.1) is 0 Å². The second-order valence-corrected chi connectivity index (χ2v) is 19.3. The molecule has 1 unspecified atom stereocenters. The minimum absolute atomic E-state index is 0.0866. The van der Waals surface area contributed by atoms with Crippen molar-refractivity contribution in [1.29, 1.82) is 5.26 Å². The van der Waals surface area contributed by atoms with E-state index in [-0.39, 0.29) is 49.8 Å². The number of aromatic nitrogens is 2. The second kappa shape index (κ2) is 20.7. The molecule has 2 fully saturated rings. The van der Waals surface area contributed by atoms with Gasteiger partial charge in [-0.05, 0) is 91.1 Å². The van der Waals surface area contributed by atoms with E-state index in [1.807, 2.05) is 57.2 Å². The normalized spacial score (nSPS) is 20.7. The number of esters is 1. The number of hydrazine groups is 1. The number of carbonyl (C=O) groups is 5. The number of fused-ring (bicyclic) bond motifs is 6. The quantitative estimate of drug-likeness (QED) is 0.131. The summed E-state index contributed by atoms with van der Waals surface area (Å²) in [5, 5.41) is 15.3. The Labute approximate surface area is 393 Å². The minimum atomic E-state index is -1.08. The van der Waals surface area contributed by atoms with Crippen molar-refractivity contribution in [3.05, 3.63) is 90.3 Å². The smallest absolute Gasteiger partial charge is 0.324 e. The molecule has 6 bridgehead atoms. The summed E-state index contributed by atoms with van der Waals surface area (Å²) in [5.74, 6) is -2.68. The number of nitrogens with zero attached hydrogens (tertiary/aromatic N) is 6. The van der Waals surface area contributed by atoms with E-state index in [9.17, 15) is 29.2 Å². The predicted octanol–water partition coefficient (Wildman–Crippen LogP) is 6.16. The summed E-state index contributed by atoms with van der Waals surface area (Å²) >= 11 is 0. The molecular formula is C52H64N8O7. The number of nitriles is 1. The Morgan fingerprint density at radius 2 is 1.87 bits per heavy atom. The van der Waals surface area contributed by atoms with Gasteiger partial charge in [0, 0.05) is 74.8 Å². The first kappa shape index (κ1) is 48.6. The van der Waals surface area contributed by atoms with Crippen LogP contribution in [0.1, 0.15) is 83.2 Å². The molecule has 2 aromatic carbocycles. The summed E-state index contributed by atoms with van der Waals surface area (Å²) in [6.45, 7) is 14.9. The second-order valence-electron chi connectivity index (χ2n) is 19.3. The van der Waals surface area contributed by atoms with Crippen LogP contribution >= 0.6 is 0 Å². The number of nitrogens with one attached hydrogen (secondary N) is 2. The van der Waals surface area contributed by atoms with Gasteiger partial charge in [-0.1, -0.05) is 64.6 Å². The van der Waals surface area contributed by atoms with Crippen LogP contribution in [0.3, 0.4) is 0 Å². The van der Waals surface area contributed by atoms with Crippen molar-refractivity contribution in [2.45, 2.75) is 104 Å². The number of likely N-dealkylation sites (tertiary alicyclic amines) is 1. The number of pyridine rings is 1. The lowest BCUT2D eigenvalue weighted by molar-refractivity contribution is -0.155. The number of hydrogen-bond acceptors (Lipinski definition) is 10. The van der Waals surface area contributed by atoms with Gasteiger partial charge in [0.15, 0.2) is 0 Å². The average molecular weight is 913 g/mol. The number of cyclic esters (lactones) is 1. The number of hydrogen-bond donors (Lipinski definition) is 2. The molecule has 0 radical (unpaired) electrons. The molecule has 4 aromatic rings. The first-order chi connectivity index (χ1) is 32.0. The SMILES string of the molecule is C=CC(=O)N1CCC(C(=O)N(C)[C@H](C(=O)N[C@H]2Cc3cccc(c3)-c3ccc4c(c3)c(c(-c3cccnc3[C@H](C)OC)n4CCC#N)CC(C)(C)COC(=O)[C@@H]3CCCN(N3)C2=O)C(C)C)C1. The number of carbonyl (C=O) groups excluding carboxylic acids is 5. The fourth-order valence-corrected chi connectivity index (χ4v) is 9.95. The number of ether oxygens (including phenoxy) is 2. The van der Waals surface area contributed by atoms with Gasteiger partial charge in [-0.3, -0.25) is 34.0 Å². The number of aryl methyl sites for hydroxylation is 1. The number of rotatable bonds is 11. The van der Waals surface area contributed by atoms with Gasteiger partial charge >= 0.3 is 5.97 Å². The molecular weight excluding hydrogens is 849 g/mol. The van der Waals surface area contributed by atoms with Crippen molar-refractivity contribution in [3.63, 3.8) is 0 Å². The van der Waals surface area contributed by atoms with E-state index in [0.29, 0.717) is 45.3 Å². The summed E-state index contributed by atoms with van der Waals surface area (Å²) in [7, 11) is 3.26. The lowest BCUT2D eigenvalue weighted by atomic mass is 9.84. The van der Waals surface area contributed by atoms with Crippen molar-refractivity contribution in [1.82, 2.24) is 35.1 Å². The maximum atomic E-state index is 14.7. The highest BCUT2D eigenvalue weighted by atomic mass is 16.5. The van der Waals surface area contributed by atoms with E-state index in [1.165, 1.54) is 16.0 Å². The first-order valence-corrected chi connectivity index (χ1v) is 23.4. The van der Waals surface area contributed by atoms with E-state index >= 15 is 0 Å². The summed E-state index contributed by atoms with van der Waals surface area (Å²) in [6.07, 6.45) is 5.02. The largest absolute Gasteiger partial charge is 0.464 e. The van der Waals surface area contributed by atoms with Gasteiger partial charge in [0.05, 0.1) is 42.5 Å². The van der Waals surface area contributed by atoms with Crippen LogP contribution in [0, 0.1) is 28.6 Å². The standard InChI is InChI=1S/C52H64N8O7/c1-9-44(61)58-25-20-37(30-58)49(63)57(7)46(32(2)3)48(62)55-42-27-34-14-10-15-35(26-34)36-18-19-43-39(28-36)40(29-52(5,6)31-67-51(65)41-17-12-24-60(56-41)50(42)64)47(59(43)23-13-21-53)38-16-11-22-54-45(38)33(4)66-8/h9-11,14-16,18-19,22,26,28,32-33,37,41-42,46,56H,1,12-13,17,20,23-25,27,29-31H2,2-8H3,(H,55,62)/t33-,37?,41-,42-,46-/m0/s1. The van der Waals surface area contributed by atoms with Crippen molar-refractivity contribution in [3.8, 4) is 28.5 Å². The fourth-order valence-electron chi connectivity index (χ4n) is 9.95. The van der Waals surface area contributed by atoms with E-state index in [4.69, 9.17) is 14.5 Å². The van der Waals surface area contributed by atoms with E-state index in [1.54, 1.807) is 25.3 Å². The molecule has 2 aromatic heterocycles. The van der Waals surface area contributed by atoms with Crippen LogP contribution in [-0.4, -0.2) is 112 Å². The van der Waals surface area contributed by atoms with E-state index in [2.05, 4.69) is 60.0 Å². The highest BCUT2D eigenvalue weighted by Crippen LogP contribution is 2.42. The molecule has 5 heterocycles. The zero-order valence-electron chi connectivity index (χ0n) is 39.8. The average Bonchev–Trinajstić information content (AvgIpc) is 3.94. The zero-order chi connectivity index (χ0) is 48.2. The summed E-state index contributed by atoms with van der Waals surface area (Å²) < 4.78 is 14.1. The molecule has 0 spiro atoms. The van der Waals surface area contributed by atoms with Gasteiger partial charge in [0.1, 0.15) is 18.1 Å². The maximum absolute atomic E-state index is 14.7. The molecule has 67 heavy (non-hydrogen) atoms. The molecule has 2 N–H and O–H groups in total. The van der Waals surface area contributed by atoms with Gasteiger partial charge < -0.3 is 29.2 Å². The van der Waals surface area contributed by atoms with Crippen LogP contribution in [-0.2, 0) is 52.8 Å². The highest BCUT2D eigenvalue weighted by molar-refractivity contribution is 5.96. The van der Waals surface area contributed by atoms with Crippen LogP contribution in [0.2, 0.25) is 0 Å². The Kier molecular flexibility index (Phi) is 15.0. The number of methoxy groups -OCH3 is 1. The summed E-state index contributed by atoms with van der Waals surface area (Å²) in [5.41, 5.74) is 9.75. The Morgan fingerprint density at radius 3 is 2.60 bits per heavy atom. The molecule has 3 aliphatic rings. The Bertz CT molecular complexity index is 2580. The predicted molar refractivity (Wildman–Crippen MR) is 254 cm³/mol. The number of benzene rings is 2. The third kappa shape index (κ3) is 10.5. The third-order valence-corrected chi connectivity index (χ3v) is 13.4. The maximum Gasteiger partial charge on any atom is 0.324 e. The Morgan fingerprint density at radius 1 is 1.09 bits per heavy atom. The molecule has 3 aliphatic heterocycles. The third-order valence-electron chi connectivity index (χ3n) is 13.4. The molecule has 4 amide bonds. The lowest BCUT2D eigenvalue weighted by Gasteiger charge is -2.37. The van der Waals surface area contributed by atoms with Crippen molar-refractivity contribution in [2.75, 3.05) is 40.4 Å². The van der Waals surface area contributed by atoms with Crippen molar-refractivity contribution in [2.24, 2.45) is 17.3 Å². The van der Waals surface area contributed by atoms with Crippen LogP contribution in [0.15, 0.2) is 73.4 Å². The Balaban J connectivity index is 1.31. The number of likely N-dealkylation sites (N-methyl/N-ethyl adjacent to an activating group) is 1. The van der Waals surface area contributed by atoms with Crippen LogP contribution in [0.25, 0.3) is 33.3 Å². The van der Waals surface area contributed by atoms with Crippen molar-refractivity contribution >= 4 is 40.5 Å². The topological polar surface area (TPSA) is 179 Å². The molecule has 15 heteroatoms. The van der Waals surface area contributed by atoms with Gasteiger partial charge in [0.2, 0.25) is 17.7 Å². The molecule has 7 rings (SSSR count). The fraction of sp³-hybridized carbons (Fsp3) is 0.481. The van der Waals surface area contributed by atoms with Crippen LogP contribution in [0.5, 0.6) is 0 Å². The molecule has 2 saturated heterocycles. The highest BCUT2D eigenvalue weighted by Gasteiger charge is 2.40. The molecule has 0 saturated carbocycles. The molecule has 5 atom stereocenters. The van der Waals surface area contributed by atoms with Gasteiger partial charge in [-0.25, -0.2) is 5.43 Å². The van der Waals surface area contributed by atoms with Crippen molar-refractivity contribution < 1.29 is 33.4 Å². The summed E-state index contributed by atoms with van der Waals surface area (Å²) in [6, 6.07) is 17.7. The molecule has 15 nitrogen and oxygen atoms in total. The van der Waals surface area contributed by atoms with Crippen LogP contribution in [0.4, 0.5) is 0 Å². The lowest BCUT2D eigenvalue weighted by Crippen LogP contribution is -2.62. The summed E-state index contributed by atoms with van der Waals surface area (Å²) in [4.78, 5) is 77.2. The zero-order valence-corrected chi connectivity index (χ0v) is 39.8. The minimum Gasteiger partial charge on any atom is -0.464 e. The Hall–Kier alpha value is -6.37.